The number of nitrogens with zero attached hydrogens (tertiary/aromatic N) is 5. The summed E-state index contributed by atoms with van der Waals surface area (Å²) in [4.78, 5) is 51.3. The first-order valence-corrected chi connectivity index (χ1v) is 15.7. The third kappa shape index (κ3) is 5.01. The van der Waals surface area contributed by atoms with E-state index in [1.807, 2.05) is 12.1 Å². The summed E-state index contributed by atoms with van der Waals surface area (Å²) in [5.74, 6) is -0.110. The molecule has 4 aromatic heterocycles. The van der Waals surface area contributed by atoms with Crippen molar-refractivity contribution < 1.29 is 14.3 Å². The highest BCUT2D eigenvalue weighted by atomic mass is 32.1. The molecule has 0 aromatic carbocycles. The van der Waals surface area contributed by atoms with E-state index in [9.17, 15) is 14.4 Å². The molecule has 0 atom stereocenters. The summed E-state index contributed by atoms with van der Waals surface area (Å²) >= 11 is 1.54. The summed E-state index contributed by atoms with van der Waals surface area (Å²) in [5, 5.41) is 7.27. The fourth-order valence-corrected chi connectivity index (χ4v) is 7.65. The van der Waals surface area contributed by atoms with Crippen LogP contribution in [-0.4, -0.2) is 44.1 Å². The lowest BCUT2D eigenvalue weighted by molar-refractivity contribution is -0.142. The van der Waals surface area contributed by atoms with E-state index in [0.29, 0.717) is 41.0 Å². The number of pyridine rings is 2. The number of esters is 1. The van der Waals surface area contributed by atoms with E-state index in [1.165, 1.54) is 39.0 Å². The number of ether oxygens (including phenoxy) is 1. The lowest BCUT2D eigenvalue weighted by Crippen LogP contribution is -2.41. The van der Waals surface area contributed by atoms with Crippen molar-refractivity contribution in [1.29, 1.82) is 0 Å². The Hall–Kier alpha value is -4.29. The number of aryl methyl sites for hydroxylation is 1. The van der Waals surface area contributed by atoms with Gasteiger partial charge in [-0.15, -0.1) is 11.3 Å². The number of hydrogen-bond donors (Lipinski definition) is 2. The summed E-state index contributed by atoms with van der Waals surface area (Å²) < 4.78 is 9.19. The van der Waals surface area contributed by atoms with Crippen LogP contribution in [0, 0.1) is 5.41 Å². The van der Waals surface area contributed by atoms with Crippen molar-refractivity contribution in [2.45, 2.75) is 59.7 Å². The maximum absolute atomic E-state index is 14.0. The number of nitrogens with one attached hydrogen (secondary N) is 2. The van der Waals surface area contributed by atoms with Gasteiger partial charge in [-0.2, -0.15) is 0 Å². The minimum atomic E-state index is -0.436. The number of fused-ring (bicyclic) bond motifs is 4. The van der Waals surface area contributed by atoms with Crippen molar-refractivity contribution in [3.63, 3.8) is 0 Å². The van der Waals surface area contributed by atoms with Gasteiger partial charge in [0, 0.05) is 80.7 Å². The molecule has 228 valence electrons. The Kier molecular flexibility index (Phi) is 6.93. The molecule has 12 heteroatoms. The summed E-state index contributed by atoms with van der Waals surface area (Å²) in [6.07, 6.45) is 6.16. The lowest BCUT2D eigenvalue weighted by Gasteiger charge is -2.31. The van der Waals surface area contributed by atoms with Crippen LogP contribution in [0.2, 0.25) is 0 Å². The van der Waals surface area contributed by atoms with Crippen LogP contribution in [0.3, 0.4) is 0 Å². The van der Waals surface area contributed by atoms with Crippen LogP contribution in [0.4, 0.5) is 16.6 Å². The molecule has 4 aromatic rings. The second-order valence-corrected chi connectivity index (χ2v) is 13.7. The minimum absolute atomic E-state index is 0.0683. The third-order valence-electron chi connectivity index (χ3n) is 8.67. The number of hydrogen-bond acceptors (Lipinski definition) is 9. The molecule has 44 heavy (non-hydrogen) atoms. The Balaban J connectivity index is 1.27. The zero-order chi connectivity index (χ0) is 30.7. The second kappa shape index (κ2) is 10.7. The molecule has 2 aliphatic heterocycles. The summed E-state index contributed by atoms with van der Waals surface area (Å²) in [5.41, 5.74) is 6.63. The molecule has 3 aliphatic rings. The van der Waals surface area contributed by atoms with Gasteiger partial charge in [-0.3, -0.25) is 19.3 Å². The topological polar surface area (TPSA) is 123 Å². The maximum Gasteiger partial charge on any atom is 0.302 e. The number of amides is 1. The van der Waals surface area contributed by atoms with Crippen LogP contribution in [0.25, 0.3) is 11.1 Å². The standard InChI is InChI=1S/C32H35N7O4S/c1-18(40)43-17-22-21(20-11-24(29(41)37(4)16-20)36-31-35-23-6-7-33-15-27(23)44-31)5-8-34-28(22)39-10-9-38-25(30(39)42)12-19-13-32(2,3)14-26(19)38/h5,8,11-12,16,33H,6-7,9-10,13-15,17H2,1-4H3,(H,35,36). The number of carbonyl (C=O) groups excluding carboxylic acids is 2. The molecule has 7 rings (SSSR count). The van der Waals surface area contributed by atoms with E-state index in [2.05, 4.69) is 34.0 Å². The van der Waals surface area contributed by atoms with Gasteiger partial charge in [0.25, 0.3) is 11.5 Å². The molecule has 6 heterocycles. The van der Waals surface area contributed by atoms with E-state index >= 15 is 0 Å². The first-order chi connectivity index (χ1) is 21.1. The van der Waals surface area contributed by atoms with Crippen LogP contribution < -0.4 is 21.1 Å². The highest BCUT2D eigenvalue weighted by Crippen LogP contribution is 2.40. The Morgan fingerprint density at radius 3 is 2.84 bits per heavy atom. The average Bonchev–Trinajstić information content (AvgIpc) is 3.64. The average molecular weight is 614 g/mol. The molecule has 0 bridgehead atoms. The predicted octanol–water partition coefficient (Wildman–Crippen LogP) is 3.94. The van der Waals surface area contributed by atoms with E-state index in [1.54, 1.807) is 30.4 Å². The molecule has 0 saturated heterocycles. The second-order valence-electron chi connectivity index (χ2n) is 12.6. The number of carbonyl (C=O) groups is 2. The van der Waals surface area contributed by atoms with E-state index in [0.717, 1.165) is 49.2 Å². The first kappa shape index (κ1) is 28.5. The highest BCUT2D eigenvalue weighted by molar-refractivity contribution is 7.15. The smallest absolute Gasteiger partial charge is 0.302 e. The van der Waals surface area contributed by atoms with E-state index in [-0.39, 0.29) is 23.5 Å². The van der Waals surface area contributed by atoms with Gasteiger partial charge in [-0.25, -0.2) is 9.97 Å². The summed E-state index contributed by atoms with van der Waals surface area (Å²) in [6, 6.07) is 5.64. The number of anilines is 3. The van der Waals surface area contributed by atoms with Gasteiger partial charge in [-0.1, -0.05) is 13.8 Å². The van der Waals surface area contributed by atoms with Gasteiger partial charge >= 0.3 is 5.97 Å². The van der Waals surface area contributed by atoms with Crippen molar-refractivity contribution in [2.24, 2.45) is 12.5 Å². The molecule has 1 amide bonds. The Bertz CT molecular complexity index is 1860. The Morgan fingerprint density at radius 1 is 1.20 bits per heavy atom. The Labute approximate surface area is 258 Å². The maximum atomic E-state index is 14.0. The molecule has 0 fully saturated rings. The predicted molar refractivity (Wildman–Crippen MR) is 168 cm³/mol. The van der Waals surface area contributed by atoms with Gasteiger partial charge in [0.2, 0.25) is 0 Å². The number of thiazole rings is 1. The number of rotatable bonds is 6. The molecule has 11 nitrogen and oxygen atoms in total. The summed E-state index contributed by atoms with van der Waals surface area (Å²) in [6.45, 7) is 8.57. The van der Waals surface area contributed by atoms with E-state index in [4.69, 9.17) is 9.72 Å². The zero-order valence-corrected chi connectivity index (χ0v) is 26.1. The first-order valence-electron chi connectivity index (χ1n) is 14.9. The van der Waals surface area contributed by atoms with Crippen molar-refractivity contribution in [3.05, 3.63) is 74.0 Å². The summed E-state index contributed by atoms with van der Waals surface area (Å²) in [7, 11) is 1.70. The molecule has 0 radical (unpaired) electrons. The van der Waals surface area contributed by atoms with Crippen molar-refractivity contribution >= 4 is 39.9 Å². The number of aromatic nitrogens is 4. The monoisotopic (exact) mass is 613 g/mol. The molecule has 0 saturated carbocycles. The highest BCUT2D eigenvalue weighted by Gasteiger charge is 2.37. The molecule has 2 N–H and O–H groups in total. The largest absolute Gasteiger partial charge is 0.461 e. The van der Waals surface area contributed by atoms with Crippen molar-refractivity contribution in [3.8, 4) is 11.1 Å². The van der Waals surface area contributed by atoms with Crippen LogP contribution in [0.15, 0.2) is 35.4 Å². The van der Waals surface area contributed by atoms with E-state index < -0.39 is 5.97 Å². The fraction of sp³-hybridized carbons (Fsp3) is 0.406. The van der Waals surface area contributed by atoms with Gasteiger partial charge in [0.1, 0.15) is 23.8 Å². The van der Waals surface area contributed by atoms with Crippen molar-refractivity contribution in [1.82, 2.24) is 24.4 Å². The zero-order valence-electron chi connectivity index (χ0n) is 25.3. The van der Waals surface area contributed by atoms with Crippen molar-refractivity contribution in [2.75, 3.05) is 23.3 Å². The van der Waals surface area contributed by atoms with Crippen LogP contribution >= 0.6 is 11.3 Å². The van der Waals surface area contributed by atoms with Gasteiger partial charge in [0.05, 0.1) is 5.69 Å². The van der Waals surface area contributed by atoms with Crippen LogP contribution in [0.5, 0.6) is 0 Å². The van der Waals surface area contributed by atoms with Gasteiger partial charge in [0.15, 0.2) is 5.13 Å². The minimum Gasteiger partial charge on any atom is -0.461 e. The van der Waals surface area contributed by atoms with Gasteiger partial charge in [-0.05, 0) is 47.6 Å². The van der Waals surface area contributed by atoms with Crippen LogP contribution in [-0.2, 0) is 55.5 Å². The normalized spacial score (nSPS) is 16.8. The van der Waals surface area contributed by atoms with Crippen LogP contribution in [0.1, 0.15) is 58.7 Å². The lowest BCUT2D eigenvalue weighted by atomic mass is 9.90. The van der Waals surface area contributed by atoms with Gasteiger partial charge < -0.3 is 24.5 Å². The molecule has 1 aliphatic carbocycles. The molecule has 0 unspecified atom stereocenters. The Morgan fingerprint density at radius 2 is 2.05 bits per heavy atom. The molecule has 0 spiro atoms. The molecular weight excluding hydrogens is 578 g/mol. The fourth-order valence-electron chi connectivity index (χ4n) is 6.66. The quantitative estimate of drug-likeness (QED) is 0.314. The third-order valence-corrected chi connectivity index (χ3v) is 9.68. The SMILES string of the molecule is CC(=O)OCc1c(-c2cc(Nc3nc4c(s3)CNCC4)c(=O)n(C)c2)ccnc1N1CCn2c(cc3c2CC(C)(C)C3)C1=O. The molecular formula is C32H35N7O4S.